The van der Waals surface area contributed by atoms with Crippen molar-refractivity contribution in [2.24, 2.45) is 0 Å². The maximum Gasteiger partial charge on any atom is 0.173 e. The van der Waals surface area contributed by atoms with Gasteiger partial charge in [-0.3, -0.25) is 0 Å². The highest BCUT2D eigenvalue weighted by molar-refractivity contribution is 7.16. The van der Waals surface area contributed by atoms with Crippen LogP contribution < -0.4 is 10.1 Å². The molecule has 3 heterocycles. The summed E-state index contributed by atoms with van der Waals surface area (Å²) >= 11 is 1.63. The minimum atomic E-state index is -0.0917. The summed E-state index contributed by atoms with van der Waals surface area (Å²) < 4.78 is 5.97. The molecule has 4 rings (SSSR count). The topological polar surface area (TPSA) is 47.0 Å². The molecular weight excluding hydrogens is 270 g/mol. The highest BCUT2D eigenvalue weighted by Gasteiger charge is 2.27. The molecule has 1 aromatic carbocycles. The fourth-order valence-corrected chi connectivity index (χ4v) is 3.30. The zero-order valence-electron chi connectivity index (χ0n) is 11.0. The fraction of sp³-hybridized carbons (Fsp3) is 0.200. The van der Waals surface area contributed by atoms with E-state index in [-0.39, 0.29) is 6.10 Å². The van der Waals surface area contributed by atoms with Crippen molar-refractivity contribution in [3.05, 3.63) is 47.1 Å². The van der Waals surface area contributed by atoms with Gasteiger partial charge in [0.05, 0.1) is 5.39 Å². The van der Waals surface area contributed by atoms with Crippen molar-refractivity contribution in [3.63, 3.8) is 0 Å². The average molecular weight is 283 g/mol. The van der Waals surface area contributed by atoms with E-state index in [0.29, 0.717) is 0 Å². The van der Waals surface area contributed by atoms with Crippen LogP contribution in [0.2, 0.25) is 0 Å². The summed E-state index contributed by atoms with van der Waals surface area (Å²) in [6.07, 6.45) is 0.738. The lowest BCUT2D eigenvalue weighted by atomic mass is 10.1. The van der Waals surface area contributed by atoms with Crippen LogP contribution in [0.25, 0.3) is 10.2 Å². The number of para-hydroxylation sites is 1. The summed E-state index contributed by atoms with van der Waals surface area (Å²) in [6.45, 7) is 0. The number of hydrogen-bond acceptors (Lipinski definition) is 5. The molecule has 3 aromatic rings. The van der Waals surface area contributed by atoms with Gasteiger partial charge in [0, 0.05) is 13.5 Å². The van der Waals surface area contributed by atoms with Crippen molar-refractivity contribution < 1.29 is 4.74 Å². The number of aromatic nitrogens is 2. The molecule has 20 heavy (non-hydrogen) atoms. The summed E-state index contributed by atoms with van der Waals surface area (Å²) in [6, 6.07) is 10.2. The average Bonchev–Trinajstić information content (AvgIpc) is 3.12. The van der Waals surface area contributed by atoms with Gasteiger partial charge in [0.1, 0.15) is 16.4 Å². The van der Waals surface area contributed by atoms with Crippen LogP contribution in [-0.4, -0.2) is 17.0 Å². The quantitative estimate of drug-likeness (QED) is 0.783. The van der Waals surface area contributed by atoms with Crippen LogP contribution in [0.3, 0.4) is 0 Å². The molecule has 2 aromatic heterocycles. The Morgan fingerprint density at radius 2 is 2.15 bits per heavy atom. The van der Waals surface area contributed by atoms with Crippen LogP contribution in [0.4, 0.5) is 5.82 Å². The van der Waals surface area contributed by atoms with E-state index in [2.05, 4.69) is 21.4 Å². The molecule has 1 N–H and O–H groups in total. The highest BCUT2D eigenvalue weighted by atomic mass is 32.1. The molecule has 0 amide bonds. The molecule has 0 fully saturated rings. The molecule has 1 atom stereocenters. The van der Waals surface area contributed by atoms with Gasteiger partial charge in [-0.05, 0) is 23.1 Å². The third kappa shape index (κ3) is 1.74. The monoisotopic (exact) mass is 283 g/mol. The van der Waals surface area contributed by atoms with Crippen molar-refractivity contribution >= 4 is 27.4 Å². The molecule has 0 saturated carbocycles. The Bertz CT molecular complexity index is 759. The Labute approximate surface area is 120 Å². The van der Waals surface area contributed by atoms with Gasteiger partial charge >= 0.3 is 0 Å². The summed E-state index contributed by atoms with van der Waals surface area (Å²) in [5, 5.41) is 6.24. The molecular formula is C15H13N3OS. The Hall–Kier alpha value is -2.14. The van der Waals surface area contributed by atoms with Crippen LogP contribution in [-0.2, 0) is 6.42 Å². The number of anilines is 1. The van der Waals surface area contributed by atoms with E-state index in [1.807, 2.05) is 36.7 Å². The minimum Gasteiger partial charge on any atom is -0.482 e. The van der Waals surface area contributed by atoms with E-state index in [1.165, 1.54) is 5.56 Å². The Kier molecular flexibility index (Phi) is 2.60. The first-order valence-corrected chi connectivity index (χ1v) is 7.40. The van der Waals surface area contributed by atoms with E-state index in [1.54, 1.807) is 11.3 Å². The van der Waals surface area contributed by atoms with Crippen molar-refractivity contribution in [3.8, 4) is 5.75 Å². The van der Waals surface area contributed by atoms with E-state index in [4.69, 9.17) is 4.74 Å². The Balaban J connectivity index is 1.77. The predicted octanol–water partition coefficient (Wildman–Crippen LogP) is 3.41. The summed E-state index contributed by atoms with van der Waals surface area (Å²) in [5.41, 5.74) is 1.22. The summed E-state index contributed by atoms with van der Waals surface area (Å²) in [7, 11) is 1.88. The number of nitrogens with zero attached hydrogens (tertiary/aromatic N) is 2. The van der Waals surface area contributed by atoms with E-state index in [9.17, 15) is 0 Å². The second-order valence-electron chi connectivity index (χ2n) is 4.74. The number of ether oxygens (including phenoxy) is 1. The molecule has 100 valence electrons. The van der Waals surface area contributed by atoms with E-state index in [0.717, 1.165) is 34.0 Å². The van der Waals surface area contributed by atoms with E-state index < -0.39 is 0 Å². The van der Waals surface area contributed by atoms with Crippen molar-refractivity contribution in [1.82, 2.24) is 9.97 Å². The number of nitrogens with one attached hydrogen (secondary N) is 1. The third-order valence-electron chi connectivity index (χ3n) is 3.51. The Morgan fingerprint density at radius 3 is 3.00 bits per heavy atom. The van der Waals surface area contributed by atoms with Gasteiger partial charge in [-0.15, -0.1) is 11.3 Å². The summed E-state index contributed by atoms with van der Waals surface area (Å²) in [4.78, 5) is 10.3. The number of rotatable bonds is 2. The maximum atomic E-state index is 5.97. The lowest BCUT2D eigenvalue weighted by Crippen LogP contribution is -2.10. The lowest BCUT2D eigenvalue weighted by molar-refractivity contribution is 0.228. The minimum absolute atomic E-state index is 0.0917. The maximum absolute atomic E-state index is 5.97. The third-order valence-corrected chi connectivity index (χ3v) is 4.32. The van der Waals surface area contributed by atoms with Crippen LogP contribution >= 0.6 is 11.3 Å². The molecule has 4 nitrogen and oxygen atoms in total. The zero-order chi connectivity index (χ0) is 13.5. The molecule has 1 aliphatic heterocycles. The molecule has 0 aliphatic carbocycles. The first-order chi connectivity index (χ1) is 9.85. The molecule has 5 heteroatoms. The SMILES string of the molecule is CNc1nc(C2Cc3ccccc3O2)nc2sccc12. The van der Waals surface area contributed by atoms with Gasteiger partial charge < -0.3 is 10.1 Å². The largest absolute Gasteiger partial charge is 0.482 e. The fourth-order valence-electron chi connectivity index (χ4n) is 2.53. The number of thiophene rings is 1. The van der Waals surface area contributed by atoms with Gasteiger partial charge in [-0.2, -0.15) is 0 Å². The lowest BCUT2D eigenvalue weighted by Gasteiger charge is -2.11. The first-order valence-electron chi connectivity index (χ1n) is 6.52. The predicted molar refractivity (Wildman–Crippen MR) is 80.5 cm³/mol. The number of benzene rings is 1. The second-order valence-corrected chi connectivity index (χ2v) is 5.63. The molecule has 1 aliphatic rings. The number of hydrogen-bond donors (Lipinski definition) is 1. The second kappa shape index (κ2) is 4.45. The van der Waals surface area contributed by atoms with Crippen LogP contribution in [0.1, 0.15) is 17.5 Å². The molecule has 0 spiro atoms. The van der Waals surface area contributed by atoms with Crippen molar-refractivity contribution in [2.45, 2.75) is 12.5 Å². The smallest absolute Gasteiger partial charge is 0.173 e. The standard InChI is InChI=1S/C15H13N3OS/c1-16-13-10-6-7-20-15(10)18-14(17-13)12-8-9-4-2-3-5-11(9)19-12/h2-7,12H,8H2,1H3,(H,16,17,18). The van der Waals surface area contributed by atoms with Crippen LogP contribution in [0.5, 0.6) is 5.75 Å². The van der Waals surface area contributed by atoms with Gasteiger partial charge in [0.2, 0.25) is 0 Å². The zero-order valence-corrected chi connectivity index (χ0v) is 11.8. The molecule has 0 saturated heterocycles. The van der Waals surface area contributed by atoms with Gasteiger partial charge in [0.25, 0.3) is 0 Å². The van der Waals surface area contributed by atoms with Crippen molar-refractivity contribution in [1.29, 1.82) is 0 Å². The Morgan fingerprint density at radius 1 is 1.25 bits per heavy atom. The van der Waals surface area contributed by atoms with E-state index >= 15 is 0 Å². The first kappa shape index (κ1) is 11.7. The molecule has 0 bridgehead atoms. The molecule has 1 unspecified atom stereocenters. The molecule has 0 radical (unpaired) electrons. The van der Waals surface area contributed by atoms with Crippen molar-refractivity contribution in [2.75, 3.05) is 12.4 Å². The van der Waals surface area contributed by atoms with Gasteiger partial charge in [0.15, 0.2) is 11.9 Å². The normalized spacial score (nSPS) is 16.9. The van der Waals surface area contributed by atoms with Crippen LogP contribution in [0, 0.1) is 0 Å². The number of fused-ring (bicyclic) bond motifs is 2. The van der Waals surface area contributed by atoms with Crippen LogP contribution in [0.15, 0.2) is 35.7 Å². The highest BCUT2D eigenvalue weighted by Crippen LogP contribution is 2.36. The summed E-state index contributed by atoms with van der Waals surface area (Å²) in [5.74, 6) is 2.56. The van der Waals surface area contributed by atoms with Gasteiger partial charge in [-0.1, -0.05) is 18.2 Å². The van der Waals surface area contributed by atoms with Gasteiger partial charge in [-0.25, -0.2) is 9.97 Å².